The molecule has 0 aromatic heterocycles. The van der Waals surface area contributed by atoms with Crippen LogP contribution in [0.25, 0.3) is 0 Å². The summed E-state index contributed by atoms with van der Waals surface area (Å²) in [6, 6.07) is 11.1. The zero-order chi connectivity index (χ0) is 10.0. The van der Waals surface area contributed by atoms with E-state index < -0.39 is 0 Å². The molecule has 1 saturated carbocycles. The molecule has 1 aliphatic carbocycles. The summed E-state index contributed by atoms with van der Waals surface area (Å²) < 4.78 is 0. The van der Waals surface area contributed by atoms with Gasteiger partial charge >= 0.3 is 0 Å². The van der Waals surface area contributed by atoms with E-state index in [1.54, 1.807) is 5.56 Å². The molecule has 0 N–H and O–H groups in total. The largest absolute Gasteiger partial charge is 0.0651 e. The Labute approximate surface area is 87.3 Å². The van der Waals surface area contributed by atoms with Gasteiger partial charge < -0.3 is 0 Å². The standard InChI is InChI=1S/C14H20/c1-3-12-10-11-14(12,4-2)13-8-6-5-7-9-13/h5-9,12H,3-4,10-11H2,1-2H3. The van der Waals surface area contributed by atoms with Gasteiger partial charge in [0.15, 0.2) is 0 Å². The SMILES string of the molecule is CCC1CCC1(CC)c1ccccc1. The molecule has 76 valence electrons. The summed E-state index contributed by atoms with van der Waals surface area (Å²) in [7, 11) is 0. The fourth-order valence-corrected chi connectivity index (χ4v) is 3.11. The van der Waals surface area contributed by atoms with Crippen molar-refractivity contribution in [1.82, 2.24) is 0 Å². The Balaban J connectivity index is 2.30. The number of hydrogen-bond donors (Lipinski definition) is 0. The van der Waals surface area contributed by atoms with Gasteiger partial charge in [0.25, 0.3) is 0 Å². The maximum atomic E-state index is 2.34. The fraction of sp³-hybridized carbons (Fsp3) is 0.571. The van der Waals surface area contributed by atoms with Gasteiger partial charge in [0.05, 0.1) is 0 Å². The first kappa shape index (κ1) is 9.76. The minimum atomic E-state index is 0.524. The van der Waals surface area contributed by atoms with Crippen LogP contribution >= 0.6 is 0 Å². The number of hydrogen-bond acceptors (Lipinski definition) is 0. The van der Waals surface area contributed by atoms with E-state index >= 15 is 0 Å². The van der Waals surface area contributed by atoms with Crippen molar-refractivity contribution in [3.8, 4) is 0 Å². The highest BCUT2D eigenvalue weighted by Gasteiger charge is 2.44. The van der Waals surface area contributed by atoms with Gasteiger partial charge in [-0.3, -0.25) is 0 Å². The average molecular weight is 188 g/mol. The van der Waals surface area contributed by atoms with E-state index in [-0.39, 0.29) is 0 Å². The van der Waals surface area contributed by atoms with Crippen LogP contribution in [0.1, 0.15) is 45.1 Å². The molecule has 1 aromatic rings. The van der Waals surface area contributed by atoms with Crippen molar-refractivity contribution in [3.05, 3.63) is 35.9 Å². The summed E-state index contributed by atoms with van der Waals surface area (Å²) >= 11 is 0. The second kappa shape index (κ2) is 3.76. The third-order valence-corrected chi connectivity index (χ3v) is 4.19. The zero-order valence-electron chi connectivity index (χ0n) is 9.29. The predicted molar refractivity (Wildman–Crippen MR) is 61.4 cm³/mol. The van der Waals surface area contributed by atoms with E-state index in [1.165, 1.54) is 25.7 Å². The van der Waals surface area contributed by atoms with Gasteiger partial charge in [0, 0.05) is 0 Å². The van der Waals surface area contributed by atoms with Gasteiger partial charge in [-0.25, -0.2) is 0 Å². The molecule has 1 aliphatic rings. The predicted octanol–water partition coefficient (Wildman–Crippen LogP) is 4.15. The Hall–Kier alpha value is -0.780. The molecular weight excluding hydrogens is 168 g/mol. The summed E-state index contributed by atoms with van der Waals surface area (Å²) in [5, 5.41) is 0. The van der Waals surface area contributed by atoms with Gasteiger partial charge in [-0.2, -0.15) is 0 Å². The van der Waals surface area contributed by atoms with E-state index in [9.17, 15) is 0 Å². The number of rotatable bonds is 3. The van der Waals surface area contributed by atoms with Gasteiger partial charge in [0.2, 0.25) is 0 Å². The Morgan fingerprint density at radius 3 is 2.36 bits per heavy atom. The van der Waals surface area contributed by atoms with Gasteiger partial charge in [-0.05, 0) is 36.2 Å². The first-order chi connectivity index (χ1) is 6.83. The van der Waals surface area contributed by atoms with E-state index in [0.717, 1.165) is 5.92 Å². The van der Waals surface area contributed by atoms with E-state index in [4.69, 9.17) is 0 Å². The lowest BCUT2D eigenvalue weighted by Gasteiger charge is -2.50. The van der Waals surface area contributed by atoms with Crippen molar-refractivity contribution in [2.24, 2.45) is 5.92 Å². The van der Waals surface area contributed by atoms with Crippen molar-refractivity contribution in [2.75, 3.05) is 0 Å². The van der Waals surface area contributed by atoms with Crippen LogP contribution in [0.3, 0.4) is 0 Å². The summed E-state index contributed by atoms with van der Waals surface area (Å²) in [6.07, 6.45) is 5.46. The third-order valence-electron chi connectivity index (χ3n) is 4.19. The van der Waals surface area contributed by atoms with Crippen LogP contribution in [-0.4, -0.2) is 0 Å². The summed E-state index contributed by atoms with van der Waals surface area (Å²) in [4.78, 5) is 0. The first-order valence-electron chi connectivity index (χ1n) is 5.89. The van der Waals surface area contributed by atoms with Crippen LogP contribution in [0.15, 0.2) is 30.3 Å². The molecule has 1 aromatic carbocycles. The molecular formula is C14H20. The highest BCUT2D eigenvalue weighted by atomic mass is 14.5. The van der Waals surface area contributed by atoms with Crippen molar-refractivity contribution in [1.29, 1.82) is 0 Å². The molecule has 0 heterocycles. The third kappa shape index (κ3) is 1.28. The highest BCUT2D eigenvalue weighted by Crippen LogP contribution is 2.52. The van der Waals surface area contributed by atoms with Crippen LogP contribution in [0.5, 0.6) is 0 Å². The summed E-state index contributed by atoms with van der Waals surface area (Å²) in [5.74, 6) is 0.926. The molecule has 0 heteroatoms. The van der Waals surface area contributed by atoms with Crippen LogP contribution in [0.2, 0.25) is 0 Å². The minimum Gasteiger partial charge on any atom is -0.0651 e. The van der Waals surface area contributed by atoms with Gasteiger partial charge in [0.1, 0.15) is 0 Å². The van der Waals surface area contributed by atoms with Crippen molar-refractivity contribution in [2.45, 2.75) is 44.9 Å². The summed E-state index contributed by atoms with van der Waals surface area (Å²) in [6.45, 7) is 4.67. The van der Waals surface area contributed by atoms with Crippen LogP contribution in [0, 0.1) is 5.92 Å². The second-order valence-corrected chi connectivity index (χ2v) is 4.52. The lowest BCUT2D eigenvalue weighted by atomic mass is 9.54. The average Bonchev–Trinajstić information content (AvgIpc) is 2.20. The molecule has 0 aliphatic heterocycles. The maximum Gasteiger partial charge on any atom is -0.00214 e. The topological polar surface area (TPSA) is 0 Å². The Bertz CT molecular complexity index is 282. The van der Waals surface area contributed by atoms with Gasteiger partial charge in [-0.1, -0.05) is 50.6 Å². The molecule has 2 unspecified atom stereocenters. The Morgan fingerprint density at radius 1 is 1.21 bits per heavy atom. The molecule has 0 saturated heterocycles. The normalized spacial score (nSPS) is 31.1. The monoisotopic (exact) mass is 188 g/mol. The molecule has 0 spiro atoms. The molecule has 0 bridgehead atoms. The Morgan fingerprint density at radius 2 is 1.93 bits per heavy atom. The zero-order valence-corrected chi connectivity index (χ0v) is 9.29. The number of benzene rings is 1. The maximum absolute atomic E-state index is 2.34. The minimum absolute atomic E-state index is 0.524. The fourth-order valence-electron chi connectivity index (χ4n) is 3.11. The van der Waals surface area contributed by atoms with E-state index in [2.05, 4.69) is 44.2 Å². The lowest BCUT2D eigenvalue weighted by molar-refractivity contribution is 0.110. The molecule has 0 nitrogen and oxygen atoms in total. The second-order valence-electron chi connectivity index (χ2n) is 4.52. The highest BCUT2D eigenvalue weighted by molar-refractivity contribution is 5.29. The van der Waals surface area contributed by atoms with Crippen LogP contribution < -0.4 is 0 Å². The molecule has 0 radical (unpaired) electrons. The van der Waals surface area contributed by atoms with Crippen LogP contribution in [0.4, 0.5) is 0 Å². The van der Waals surface area contributed by atoms with Gasteiger partial charge in [-0.15, -0.1) is 0 Å². The van der Waals surface area contributed by atoms with Crippen molar-refractivity contribution in [3.63, 3.8) is 0 Å². The molecule has 0 amide bonds. The van der Waals surface area contributed by atoms with Crippen LogP contribution in [-0.2, 0) is 5.41 Å². The molecule has 2 atom stereocenters. The molecule has 1 fully saturated rings. The van der Waals surface area contributed by atoms with E-state index in [1.807, 2.05) is 0 Å². The Kier molecular flexibility index (Phi) is 2.62. The smallest absolute Gasteiger partial charge is 0.00214 e. The lowest BCUT2D eigenvalue weighted by Crippen LogP contribution is -2.43. The van der Waals surface area contributed by atoms with Crippen molar-refractivity contribution < 1.29 is 0 Å². The first-order valence-corrected chi connectivity index (χ1v) is 5.89. The molecule has 2 rings (SSSR count). The molecule has 14 heavy (non-hydrogen) atoms. The van der Waals surface area contributed by atoms with Crippen molar-refractivity contribution >= 4 is 0 Å². The van der Waals surface area contributed by atoms with E-state index in [0.29, 0.717) is 5.41 Å². The summed E-state index contributed by atoms with van der Waals surface area (Å²) in [5.41, 5.74) is 2.09. The quantitative estimate of drug-likeness (QED) is 0.668.